The molecular weight excluding hydrogens is 237 g/mol. The summed E-state index contributed by atoms with van der Waals surface area (Å²) in [5, 5.41) is 2.25. The number of halogens is 3. The number of amides is 1. The maximum Gasteiger partial charge on any atom is 0.405 e. The Labute approximate surface area is 97.1 Å². The molecule has 0 radical (unpaired) electrons. The minimum Gasteiger partial charge on any atom is -0.363 e. The summed E-state index contributed by atoms with van der Waals surface area (Å²) < 4.78 is 43.8. The van der Waals surface area contributed by atoms with Crippen LogP contribution in [0.2, 0.25) is 0 Å². The van der Waals surface area contributed by atoms with Crippen molar-refractivity contribution in [3.05, 3.63) is 0 Å². The van der Waals surface area contributed by atoms with Gasteiger partial charge in [0.25, 0.3) is 0 Å². The zero-order valence-corrected chi connectivity index (χ0v) is 9.29. The molecule has 4 nitrogen and oxygen atoms in total. The summed E-state index contributed by atoms with van der Waals surface area (Å²) >= 11 is 0. The lowest BCUT2D eigenvalue weighted by atomic mass is 10.1. The van der Waals surface area contributed by atoms with Crippen LogP contribution in [0.5, 0.6) is 0 Å². The lowest BCUT2D eigenvalue weighted by Gasteiger charge is -2.42. The van der Waals surface area contributed by atoms with Gasteiger partial charge in [0.05, 0.1) is 6.54 Å². The maximum absolute atomic E-state index is 12.8. The Balaban J connectivity index is 2.10. The maximum atomic E-state index is 12.8. The predicted octanol–water partition coefficient (Wildman–Crippen LogP) is 0.876. The molecule has 0 aromatic heterocycles. The molecule has 17 heavy (non-hydrogen) atoms. The first kappa shape index (κ1) is 12.6. The van der Waals surface area contributed by atoms with Gasteiger partial charge in [0, 0.05) is 13.2 Å². The fourth-order valence-corrected chi connectivity index (χ4v) is 2.25. The van der Waals surface area contributed by atoms with E-state index in [1.807, 2.05) is 0 Å². The SMILES string of the molecule is O=C1CN(C2CCCCO2)C(C(F)(F)F)CN1. The molecular formula is C10H15F3N2O2. The van der Waals surface area contributed by atoms with Crippen molar-refractivity contribution in [3.63, 3.8) is 0 Å². The average Bonchev–Trinajstić information content (AvgIpc) is 2.28. The molecule has 2 saturated heterocycles. The largest absolute Gasteiger partial charge is 0.405 e. The number of nitrogens with zero attached hydrogens (tertiary/aromatic N) is 1. The van der Waals surface area contributed by atoms with E-state index in [9.17, 15) is 18.0 Å². The van der Waals surface area contributed by atoms with Crippen molar-refractivity contribution in [2.75, 3.05) is 19.7 Å². The van der Waals surface area contributed by atoms with Gasteiger partial charge in [-0.25, -0.2) is 0 Å². The second-order valence-corrected chi connectivity index (χ2v) is 4.36. The molecule has 98 valence electrons. The van der Waals surface area contributed by atoms with E-state index in [1.165, 1.54) is 0 Å². The van der Waals surface area contributed by atoms with Crippen LogP contribution in [0, 0.1) is 0 Å². The van der Waals surface area contributed by atoms with Gasteiger partial charge in [-0.2, -0.15) is 13.2 Å². The van der Waals surface area contributed by atoms with E-state index in [-0.39, 0.29) is 19.0 Å². The number of rotatable bonds is 1. The van der Waals surface area contributed by atoms with Crippen molar-refractivity contribution in [1.82, 2.24) is 10.2 Å². The Morgan fingerprint density at radius 3 is 2.71 bits per heavy atom. The van der Waals surface area contributed by atoms with E-state index in [1.54, 1.807) is 0 Å². The van der Waals surface area contributed by atoms with Crippen molar-refractivity contribution in [2.45, 2.75) is 37.7 Å². The molecule has 0 aromatic rings. The van der Waals surface area contributed by atoms with E-state index in [0.717, 1.165) is 17.7 Å². The highest BCUT2D eigenvalue weighted by Gasteiger charge is 2.48. The average molecular weight is 252 g/mol. The van der Waals surface area contributed by atoms with Gasteiger partial charge in [-0.05, 0) is 19.3 Å². The van der Waals surface area contributed by atoms with Gasteiger partial charge in [-0.1, -0.05) is 0 Å². The molecule has 2 rings (SSSR count). The summed E-state index contributed by atoms with van der Waals surface area (Å²) in [4.78, 5) is 12.3. The Morgan fingerprint density at radius 2 is 2.12 bits per heavy atom. The first-order valence-electron chi connectivity index (χ1n) is 5.69. The van der Waals surface area contributed by atoms with E-state index in [0.29, 0.717) is 13.0 Å². The number of carbonyl (C=O) groups is 1. The third kappa shape index (κ3) is 2.90. The molecule has 2 aliphatic heterocycles. The number of piperazine rings is 1. The number of carbonyl (C=O) groups excluding carboxylic acids is 1. The molecule has 7 heteroatoms. The third-order valence-corrected chi connectivity index (χ3v) is 3.12. The van der Waals surface area contributed by atoms with Gasteiger partial charge >= 0.3 is 6.18 Å². The molecule has 1 N–H and O–H groups in total. The number of ether oxygens (including phenoxy) is 1. The lowest BCUT2D eigenvalue weighted by Crippen LogP contribution is -2.63. The van der Waals surface area contributed by atoms with Crippen LogP contribution in [0.1, 0.15) is 19.3 Å². The van der Waals surface area contributed by atoms with Gasteiger partial charge < -0.3 is 10.1 Å². The summed E-state index contributed by atoms with van der Waals surface area (Å²) in [5.41, 5.74) is 0. The fraction of sp³-hybridized carbons (Fsp3) is 0.900. The van der Waals surface area contributed by atoms with Gasteiger partial charge in [0.1, 0.15) is 12.3 Å². The van der Waals surface area contributed by atoms with Gasteiger partial charge in [0.15, 0.2) is 0 Å². The third-order valence-electron chi connectivity index (χ3n) is 3.12. The Kier molecular flexibility index (Phi) is 3.58. The van der Waals surface area contributed by atoms with Crippen LogP contribution < -0.4 is 5.32 Å². The summed E-state index contributed by atoms with van der Waals surface area (Å²) in [6, 6.07) is -1.64. The fourth-order valence-electron chi connectivity index (χ4n) is 2.25. The molecule has 0 saturated carbocycles. The predicted molar refractivity (Wildman–Crippen MR) is 53.1 cm³/mol. The molecule has 2 fully saturated rings. The van der Waals surface area contributed by atoms with Crippen LogP contribution in [-0.2, 0) is 9.53 Å². The molecule has 0 spiro atoms. The topological polar surface area (TPSA) is 41.6 Å². The van der Waals surface area contributed by atoms with Crippen LogP contribution >= 0.6 is 0 Å². The van der Waals surface area contributed by atoms with E-state index in [4.69, 9.17) is 4.74 Å². The molecule has 0 aliphatic carbocycles. The number of hydrogen-bond donors (Lipinski definition) is 1. The van der Waals surface area contributed by atoms with Crippen molar-refractivity contribution in [1.29, 1.82) is 0 Å². The Morgan fingerprint density at radius 1 is 1.35 bits per heavy atom. The number of alkyl halides is 3. The smallest absolute Gasteiger partial charge is 0.363 e. The van der Waals surface area contributed by atoms with Crippen LogP contribution in [-0.4, -0.2) is 48.9 Å². The van der Waals surface area contributed by atoms with Crippen molar-refractivity contribution in [3.8, 4) is 0 Å². The molecule has 2 aliphatic rings. The van der Waals surface area contributed by atoms with E-state index < -0.39 is 18.4 Å². The summed E-state index contributed by atoms with van der Waals surface area (Å²) in [6.45, 7) is -0.162. The molecule has 2 heterocycles. The molecule has 0 bridgehead atoms. The first-order valence-corrected chi connectivity index (χ1v) is 5.69. The Bertz CT molecular complexity index is 290. The highest BCUT2D eigenvalue weighted by Crippen LogP contribution is 2.30. The van der Waals surface area contributed by atoms with Gasteiger partial charge in [-0.15, -0.1) is 0 Å². The number of hydrogen-bond acceptors (Lipinski definition) is 3. The van der Waals surface area contributed by atoms with Crippen molar-refractivity contribution >= 4 is 5.91 Å². The molecule has 2 atom stereocenters. The van der Waals surface area contributed by atoms with Crippen LogP contribution in [0.3, 0.4) is 0 Å². The quantitative estimate of drug-likeness (QED) is 0.753. The van der Waals surface area contributed by atoms with Gasteiger partial charge in [-0.3, -0.25) is 9.69 Å². The zero-order chi connectivity index (χ0) is 12.5. The number of nitrogens with one attached hydrogen (secondary N) is 1. The van der Waals surface area contributed by atoms with Crippen LogP contribution in [0.25, 0.3) is 0 Å². The Hall–Kier alpha value is -0.820. The summed E-state index contributed by atoms with van der Waals surface area (Å²) in [7, 11) is 0. The molecule has 1 amide bonds. The molecule has 0 aromatic carbocycles. The first-order chi connectivity index (χ1) is 7.98. The van der Waals surface area contributed by atoms with E-state index >= 15 is 0 Å². The highest BCUT2D eigenvalue weighted by molar-refractivity contribution is 5.79. The van der Waals surface area contributed by atoms with Gasteiger partial charge in [0.2, 0.25) is 5.91 Å². The normalized spacial score (nSPS) is 32.3. The van der Waals surface area contributed by atoms with Crippen molar-refractivity contribution in [2.24, 2.45) is 0 Å². The minimum atomic E-state index is -4.34. The summed E-state index contributed by atoms with van der Waals surface area (Å²) in [5.74, 6) is -0.375. The van der Waals surface area contributed by atoms with Crippen LogP contribution in [0.15, 0.2) is 0 Å². The second kappa shape index (κ2) is 4.81. The highest BCUT2D eigenvalue weighted by atomic mass is 19.4. The monoisotopic (exact) mass is 252 g/mol. The van der Waals surface area contributed by atoms with Crippen LogP contribution in [0.4, 0.5) is 13.2 Å². The zero-order valence-electron chi connectivity index (χ0n) is 9.29. The molecule has 2 unspecified atom stereocenters. The second-order valence-electron chi connectivity index (χ2n) is 4.36. The minimum absolute atomic E-state index is 0.241. The standard InChI is InChI=1S/C10H15F3N2O2/c11-10(12,13)7-5-14-8(16)6-15(7)9-3-1-2-4-17-9/h7,9H,1-6H2,(H,14,16). The van der Waals surface area contributed by atoms with E-state index in [2.05, 4.69) is 5.32 Å². The summed E-state index contributed by atoms with van der Waals surface area (Å²) in [6.07, 6.45) is -2.66. The van der Waals surface area contributed by atoms with Crippen molar-refractivity contribution < 1.29 is 22.7 Å². The lowest BCUT2D eigenvalue weighted by molar-refractivity contribution is -0.221.